The number of amides is 1. The van der Waals surface area contributed by atoms with Crippen LogP contribution in [0.1, 0.15) is 24.1 Å². The molecule has 0 spiro atoms. The van der Waals surface area contributed by atoms with Crippen molar-refractivity contribution < 1.29 is 9.90 Å². The lowest BCUT2D eigenvalue weighted by molar-refractivity contribution is 0.167. The maximum atomic E-state index is 11.6. The van der Waals surface area contributed by atoms with E-state index in [0.717, 1.165) is 16.5 Å². The second kappa shape index (κ2) is 9.00. The van der Waals surface area contributed by atoms with E-state index in [1.807, 2.05) is 60.6 Å². The third kappa shape index (κ3) is 3.86. The van der Waals surface area contributed by atoms with Gasteiger partial charge in [0.2, 0.25) is 5.95 Å². The van der Waals surface area contributed by atoms with E-state index >= 15 is 0 Å². The zero-order valence-electron chi connectivity index (χ0n) is 20.3. The standard InChI is InChI=1S/C26H22ClN9O2/c1-35-14-17-18(34-35)8-7-16(21(17)27)22-20-19(13-28)29-24(30-23(20)33-32-22)36-11-9-26(10-12-36,31-25(37)38)15-5-3-2-4-6-15/h2-8,14,31H,9-12H2,1H3,(H,37,38)(H,29,30,32,33). The molecule has 12 heteroatoms. The molecule has 0 atom stereocenters. The first-order valence-corrected chi connectivity index (χ1v) is 12.4. The number of carboxylic acid groups (broad SMARTS) is 1. The minimum atomic E-state index is -1.07. The fourth-order valence-electron chi connectivity index (χ4n) is 5.24. The first-order valence-electron chi connectivity index (χ1n) is 12.0. The van der Waals surface area contributed by atoms with Crippen molar-refractivity contribution in [2.24, 2.45) is 7.05 Å². The van der Waals surface area contributed by atoms with Crippen molar-refractivity contribution >= 4 is 45.6 Å². The van der Waals surface area contributed by atoms with Crippen molar-refractivity contribution in [2.75, 3.05) is 18.0 Å². The molecule has 1 fully saturated rings. The Morgan fingerprint density at radius 3 is 2.66 bits per heavy atom. The molecule has 1 aliphatic heterocycles. The molecule has 38 heavy (non-hydrogen) atoms. The summed E-state index contributed by atoms with van der Waals surface area (Å²) in [6.07, 6.45) is 1.79. The molecule has 1 amide bonds. The van der Waals surface area contributed by atoms with Crippen molar-refractivity contribution in [1.29, 1.82) is 5.26 Å². The van der Waals surface area contributed by atoms with Crippen molar-refractivity contribution in [3.63, 3.8) is 0 Å². The number of anilines is 1. The number of H-pyrrole nitrogens is 1. The number of carbonyl (C=O) groups is 1. The van der Waals surface area contributed by atoms with Gasteiger partial charge in [0, 0.05) is 37.3 Å². The molecule has 0 unspecified atom stereocenters. The van der Waals surface area contributed by atoms with Crippen molar-refractivity contribution in [2.45, 2.75) is 18.4 Å². The first kappa shape index (κ1) is 23.7. The highest BCUT2D eigenvalue weighted by molar-refractivity contribution is 6.38. The Hall–Kier alpha value is -4.69. The van der Waals surface area contributed by atoms with E-state index in [9.17, 15) is 15.2 Å². The molecule has 11 nitrogen and oxygen atoms in total. The Kier molecular flexibility index (Phi) is 5.61. The summed E-state index contributed by atoms with van der Waals surface area (Å²) >= 11 is 6.73. The van der Waals surface area contributed by atoms with Crippen LogP contribution in [0.5, 0.6) is 0 Å². The van der Waals surface area contributed by atoms with Gasteiger partial charge in [0.05, 0.1) is 27.2 Å². The van der Waals surface area contributed by atoms with Gasteiger partial charge in [0.25, 0.3) is 0 Å². The number of halogens is 1. The smallest absolute Gasteiger partial charge is 0.405 e. The second-order valence-electron chi connectivity index (χ2n) is 9.31. The lowest BCUT2D eigenvalue weighted by Crippen LogP contribution is -2.53. The van der Waals surface area contributed by atoms with Crippen LogP contribution < -0.4 is 10.2 Å². The molecule has 2 aromatic carbocycles. The second-order valence-corrected chi connectivity index (χ2v) is 9.69. The number of aryl methyl sites for hydroxylation is 1. The predicted molar refractivity (Wildman–Crippen MR) is 142 cm³/mol. The van der Waals surface area contributed by atoms with Crippen LogP contribution in [0, 0.1) is 11.3 Å². The highest BCUT2D eigenvalue weighted by Gasteiger charge is 2.38. The zero-order chi connectivity index (χ0) is 26.4. The largest absolute Gasteiger partial charge is 0.465 e. The fraction of sp³-hybridized carbons (Fsp3) is 0.231. The highest BCUT2D eigenvalue weighted by atomic mass is 35.5. The third-order valence-electron chi connectivity index (χ3n) is 7.09. The van der Waals surface area contributed by atoms with Gasteiger partial charge in [-0.1, -0.05) is 41.9 Å². The van der Waals surface area contributed by atoms with Crippen LogP contribution in [0.3, 0.4) is 0 Å². The molecule has 3 aromatic heterocycles. The molecule has 0 radical (unpaired) electrons. The van der Waals surface area contributed by atoms with Gasteiger partial charge in [-0.15, -0.1) is 0 Å². The number of hydrogen-bond acceptors (Lipinski definition) is 7. The number of fused-ring (bicyclic) bond motifs is 2. The van der Waals surface area contributed by atoms with Crippen LogP contribution in [-0.2, 0) is 12.6 Å². The number of piperidine rings is 1. The summed E-state index contributed by atoms with van der Waals surface area (Å²) in [6.45, 7) is 0.985. The van der Waals surface area contributed by atoms with Gasteiger partial charge in [0.1, 0.15) is 6.07 Å². The first-order chi connectivity index (χ1) is 18.4. The predicted octanol–water partition coefficient (Wildman–Crippen LogP) is 4.19. The summed E-state index contributed by atoms with van der Waals surface area (Å²) in [5.74, 6) is 0.373. The summed E-state index contributed by atoms with van der Waals surface area (Å²) in [4.78, 5) is 22.8. The summed E-state index contributed by atoms with van der Waals surface area (Å²) in [5.41, 5.74) is 2.73. The Balaban J connectivity index is 1.35. The summed E-state index contributed by atoms with van der Waals surface area (Å²) in [6, 6.07) is 15.5. The number of benzene rings is 2. The minimum absolute atomic E-state index is 0.180. The number of nitrogens with zero attached hydrogens (tertiary/aromatic N) is 7. The summed E-state index contributed by atoms with van der Waals surface area (Å²) in [5, 5.41) is 35.8. The van der Waals surface area contributed by atoms with E-state index in [2.05, 4.69) is 36.7 Å². The average molecular weight is 528 g/mol. The Labute approximate surface area is 221 Å². The molecule has 1 saturated heterocycles. The fourth-order valence-corrected chi connectivity index (χ4v) is 5.54. The topological polar surface area (TPSA) is 149 Å². The molecule has 0 bridgehead atoms. The monoisotopic (exact) mass is 527 g/mol. The van der Waals surface area contributed by atoms with Gasteiger partial charge in [0.15, 0.2) is 11.3 Å². The summed E-state index contributed by atoms with van der Waals surface area (Å²) in [7, 11) is 1.83. The van der Waals surface area contributed by atoms with E-state index in [4.69, 9.17) is 11.6 Å². The molecule has 4 heterocycles. The molecule has 1 aliphatic rings. The summed E-state index contributed by atoms with van der Waals surface area (Å²) < 4.78 is 1.69. The van der Waals surface area contributed by atoms with E-state index in [0.29, 0.717) is 59.2 Å². The number of nitrogens with one attached hydrogen (secondary N) is 2. The number of rotatable bonds is 4. The Morgan fingerprint density at radius 2 is 1.95 bits per heavy atom. The molecule has 5 aromatic rings. The molecule has 6 rings (SSSR count). The van der Waals surface area contributed by atoms with Crippen LogP contribution in [0.15, 0.2) is 48.7 Å². The molecular formula is C26H22ClN9O2. The van der Waals surface area contributed by atoms with Gasteiger partial charge >= 0.3 is 6.09 Å². The van der Waals surface area contributed by atoms with Gasteiger partial charge in [-0.2, -0.15) is 20.4 Å². The molecule has 0 aliphatic carbocycles. The van der Waals surface area contributed by atoms with Crippen molar-refractivity contribution in [1.82, 2.24) is 35.3 Å². The van der Waals surface area contributed by atoms with E-state index < -0.39 is 11.6 Å². The van der Waals surface area contributed by atoms with Crippen LogP contribution in [0.2, 0.25) is 5.02 Å². The van der Waals surface area contributed by atoms with Gasteiger partial charge < -0.3 is 15.3 Å². The maximum Gasteiger partial charge on any atom is 0.405 e. The highest BCUT2D eigenvalue weighted by Crippen LogP contribution is 2.38. The zero-order valence-corrected chi connectivity index (χ0v) is 21.1. The van der Waals surface area contributed by atoms with Gasteiger partial charge in [-0.25, -0.2) is 9.78 Å². The molecular weight excluding hydrogens is 506 g/mol. The van der Waals surface area contributed by atoms with Crippen LogP contribution >= 0.6 is 11.6 Å². The molecule has 190 valence electrons. The quantitative estimate of drug-likeness (QED) is 0.315. The average Bonchev–Trinajstić information content (AvgIpc) is 3.52. The lowest BCUT2D eigenvalue weighted by atomic mass is 9.81. The van der Waals surface area contributed by atoms with Gasteiger partial charge in [-0.3, -0.25) is 9.78 Å². The Bertz CT molecular complexity index is 1730. The van der Waals surface area contributed by atoms with Gasteiger partial charge in [-0.05, 0) is 30.5 Å². The number of nitriles is 1. The van der Waals surface area contributed by atoms with E-state index in [1.54, 1.807) is 4.68 Å². The number of aromatic amines is 1. The third-order valence-corrected chi connectivity index (χ3v) is 7.49. The number of hydrogen-bond donors (Lipinski definition) is 3. The van der Waals surface area contributed by atoms with Crippen LogP contribution in [-0.4, -0.2) is 54.2 Å². The maximum absolute atomic E-state index is 11.6. The Morgan fingerprint density at radius 1 is 1.18 bits per heavy atom. The van der Waals surface area contributed by atoms with Crippen LogP contribution in [0.25, 0.3) is 33.2 Å². The normalized spacial score (nSPS) is 15.0. The van der Waals surface area contributed by atoms with E-state index in [1.165, 1.54) is 0 Å². The minimum Gasteiger partial charge on any atom is -0.465 e. The lowest BCUT2D eigenvalue weighted by Gasteiger charge is -2.42. The number of aromatic nitrogens is 6. The molecule has 0 saturated carbocycles. The van der Waals surface area contributed by atoms with Crippen molar-refractivity contribution in [3.05, 3.63) is 64.9 Å². The SMILES string of the molecule is Cn1cc2c(Cl)c(-c3[nH]nc4nc(N5CCC(NC(=O)O)(c6ccccc6)CC5)nc(C#N)c34)ccc2n1. The van der Waals surface area contributed by atoms with Crippen LogP contribution in [0.4, 0.5) is 10.7 Å². The van der Waals surface area contributed by atoms with E-state index in [-0.39, 0.29) is 5.69 Å². The van der Waals surface area contributed by atoms with Crippen molar-refractivity contribution in [3.8, 4) is 17.3 Å². The molecule has 3 N–H and O–H groups in total.